The minimum atomic E-state index is -0.973. The number of halogens is 2. The predicted molar refractivity (Wildman–Crippen MR) is 142 cm³/mol. The number of oxazole rings is 1. The van der Waals surface area contributed by atoms with Crippen LogP contribution in [0.4, 0.5) is 20.3 Å². The van der Waals surface area contributed by atoms with Crippen LogP contribution >= 0.6 is 0 Å². The molecule has 6 rings (SSSR count). The van der Waals surface area contributed by atoms with Gasteiger partial charge in [0.2, 0.25) is 11.7 Å². The number of nitrogens with one attached hydrogen (secondary N) is 1. The molecule has 11 heteroatoms. The molecule has 2 aliphatic rings. The molecule has 3 aromatic heterocycles. The van der Waals surface area contributed by atoms with Crippen molar-refractivity contribution >= 4 is 23.1 Å². The topological polar surface area (TPSA) is 97.8 Å². The number of aryl methyl sites for hydroxylation is 1. The highest BCUT2D eigenvalue weighted by Gasteiger charge is 2.30. The molecule has 1 aliphatic carbocycles. The summed E-state index contributed by atoms with van der Waals surface area (Å²) in [6, 6.07) is 6.97. The van der Waals surface area contributed by atoms with Crippen LogP contribution in [0, 0.1) is 12.7 Å². The van der Waals surface area contributed by atoms with E-state index in [1.54, 1.807) is 19.9 Å². The molecule has 1 N–H and O–H groups in total. The van der Waals surface area contributed by atoms with Gasteiger partial charge in [-0.1, -0.05) is 0 Å². The molecule has 1 saturated heterocycles. The number of carbonyl (C=O) groups is 1. The third kappa shape index (κ3) is 4.87. The summed E-state index contributed by atoms with van der Waals surface area (Å²) in [7, 11) is 0. The van der Waals surface area contributed by atoms with Gasteiger partial charge in [0.15, 0.2) is 11.5 Å². The first-order valence-corrected chi connectivity index (χ1v) is 13.1. The Morgan fingerprint density at radius 3 is 2.67 bits per heavy atom. The monoisotopic (exact) mass is 536 g/mol. The van der Waals surface area contributed by atoms with Crippen molar-refractivity contribution in [3.8, 4) is 11.1 Å². The van der Waals surface area contributed by atoms with Gasteiger partial charge in [0, 0.05) is 19.0 Å². The van der Waals surface area contributed by atoms with Crippen LogP contribution in [0.5, 0.6) is 0 Å². The molecule has 1 aliphatic heterocycles. The van der Waals surface area contributed by atoms with Gasteiger partial charge >= 0.3 is 0 Å². The maximum absolute atomic E-state index is 15.0. The minimum Gasteiger partial charge on any atom is -0.435 e. The van der Waals surface area contributed by atoms with Crippen LogP contribution in [-0.4, -0.2) is 58.5 Å². The molecule has 0 atom stereocenters. The highest BCUT2D eigenvalue weighted by atomic mass is 19.1. The number of alkyl halides is 1. The Kier molecular flexibility index (Phi) is 6.33. The Morgan fingerprint density at radius 2 is 1.95 bits per heavy atom. The second-order valence-electron chi connectivity index (χ2n) is 10.9. The van der Waals surface area contributed by atoms with Crippen molar-refractivity contribution in [3.05, 3.63) is 59.3 Å². The standard InChI is InChI=1S/C28H30F2N6O3/c1-16-10-20(30)21(32-26(37)22-14-31-27(39-22)28(2,3)15-29)13-19(16)18-11-23-33-25(17-4-5-17)34-36(23)24(12-18)35-6-8-38-9-7-35/h10-14,17H,4-9,15H2,1-3H3,(H,32,37). The molecule has 0 spiro atoms. The zero-order valence-corrected chi connectivity index (χ0v) is 22.1. The normalized spacial score (nSPS) is 16.2. The van der Waals surface area contributed by atoms with E-state index in [-0.39, 0.29) is 17.3 Å². The summed E-state index contributed by atoms with van der Waals surface area (Å²) < 4.78 is 41.3. The Morgan fingerprint density at radius 1 is 1.18 bits per heavy atom. The molecule has 39 heavy (non-hydrogen) atoms. The molecular weight excluding hydrogens is 506 g/mol. The Balaban J connectivity index is 1.37. The van der Waals surface area contributed by atoms with Gasteiger partial charge in [0.25, 0.3) is 5.91 Å². The zero-order chi connectivity index (χ0) is 27.3. The van der Waals surface area contributed by atoms with Gasteiger partial charge in [-0.25, -0.2) is 18.7 Å². The molecule has 1 amide bonds. The van der Waals surface area contributed by atoms with E-state index in [9.17, 15) is 9.18 Å². The first-order valence-electron chi connectivity index (χ1n) is 13.1. The van der Waals surface area contributed by atoms with Gasteiger partial charge in [-0.05, 0) is 74.6 Å². The molecule has 0 bridgehead atoms. The molecule has 1 aromatic carbocycles. The number of morpholine rings is 1. The van der Waals surface area contributed by atoms with E-state index in [2.05, 4.69) is 15.2 Å². The van der Waals surface area contributed by atoms with Gasteiger partial charge in [0.05, 0.1) is 30.5 Å². The molecule has 2 fully saturated rings. The molecule has 4 aromatic rings. The van der Waals surface area contributed by atoms with Crippen LogP contribution in [-0.2, 0) is 10.2 Å². The van der Waals surface area contributed by atoms with Crippen molar-refractivity contribution in [1.29, 1.82) is 0 Å². The van der Waals surface area contributed by atoms with E-state index in [0.717, 1.165) is 54.3 Å². The number of fused-ring (bicyclic) bond motifs is 1. The van der Waals surface area contributed by atoms with E-state index >= 15 is 4.39 Å². The first kappa shape index (κ1) is 25.4. The highest BCUT2D eigenvalue weighted by molar-refractivity contribution is 6.02. The predicted octanol–water partition coefficient (Wildman–Crippen LogP) is 5.05. The largest absolute Gasteiger partial charge is 0.435 e. The number of hydrogen-bond acceptors (Lipinski definition) is 7. The van der Waals surface area contributed by atoms with Crippen LogP contribution in [0.2, 0.25) is 0 Å². The number of ether oxygens (including phenoxy) is 1. The average Bonchev–Trinajstić information content (AvgIpc) is 3.48. The number of pyridine rings is 1. The van der Waals surface area contributed by atoms with Crippen LogP contribution in [0.15, 0.2) is 34.9 Å². The lowest BCUT2D eigenvalue weighted by molar-refractivity contribution is 0.0991. The fourth-order valence-electron chi connectivity index (χ4n) is 4.68. The maximum atomic E-state index is 15.0. The quantitative estimate of drug-likeness (QED) is 0.353. The number of carbonyl (C=O) groups excluding carboxylic acids is 1. The SMILES string of the molecule is Cc1cc(F)c(NC(=O)c2cnc(C(C)(C)CF)o2)cc1-c1cc(N2CCOCC2)n2nc(C3CC3)nc2c1. The van der Waals surface area contributed by atoms with E-state index < -0.39 is 23.8 Å². The molecule has 0 unspecified atom stereocenters. The van der Waals surface area contributed by atoms with Gasteiger partial charge in [-0.2, -0.15) is 4.52 Å². The summed E-state index contributed by atoms with van der Waals surface area (Å²) in [6.45, 7) is 7.05. The van der Waals surface area contributed by atoms with Gasteiger partial charge in [0.1, 0.15) is 18.3 Å². The summed E-state index contributed by atoms with van der Waals surface area (Å²) in [5.41, 5.74) is 2.02. The van der Waals surface area contributed by atoms with Crippen LogP contribution < -0.4 is 10.2 Å². The lowest BCUT2D eigenvalue weighted by Crippen LogP contribution is -2.37. The average molecular weight is 537 g/mol. The van der Waals surface area contributed by atoms with Crippen molar-refractivity contribution in [2.45, 2.75) is 44.9 Å². The zero-order valence-electron chi connectivity index (χ0n) is 22.1. The van der Waals surface area contributed by atoms with Gasteiger partial charge < -0.3 is 19.4 Å². The molecule has 0 radical (unpaired) electrons. The fourth-order valence-corrected chi connectivity index (χ4v) is 4.68. The third-order valence-corrected chi connectivity index (χ3v) is 7.23. The number of amides is 1. The van der Waals surface area contributed by atoms with Crippen molar-refractivity contribution in [1.82, 2.24) is 19.6 Å². The molecule has 9 nitrogen and oxygen atoms in total. The third-order valence-electron chi connectivity index (χ3n) is 7.23. The molecular formula is C28H30F2N6O3. The molecule has 204 valence electrons. The smallest absolute Gasteiger partial charge is 0.293 e. The summed E-state index contributed by atoms with van der Waals surface area (Å²) in [5, 5.41) is 7.39. The van der Waals surface area contributed by atoms with E-state index in [1.807, 2.05) is 23.6 Å². The fraction of sp³-hybridized carbons (Fsp3) is 0.429. The molecule has 1 saturated carbocycles. The number of nitrogens with zero attached hydrogens (tertiary/aromatic N) is 5. The van der Waals surface area contributed by atoms with Gasteiger partial charge in [-0.15, -0.1) is 5.10 Å². The number of rotatable bonds is 7. The van der Waals surface area contributed by atoms with Crippen molar-refractivity contribution < 1.29 is 22.7 Å². The Labute approximate surface area is 224 Å². The van der Waals surface area contributed by atoms with Crippen LogP contribution in [0.25, 0.3) is 16.8 Å². The Hall–Kier alpha value is -3.86. The minimum absolute atomic E-state index is 0.00349. The van der Waals surface area contributed by atoms with E-state index in [4.69, 9.17) is 19.2 Å². The van der Waals surface area contributed by atoms with Crippen molar-refractivity contribution in [3.63, 3.8) is 0 Å². The van der Waals surface area contributed by atoms with E-state index in [0.29, 0.717) is 24.7 Å². The second-order valence-corrected chi connectivity index (χ2v) is 10.9. The van der Waals surface area contributed by atoms with E-state index in [1.165, 1.54) is 12.3 Å². The summed E-state index contributed by atoms with van der Waals surface area (Å²) >= 11 is 0. The summed E-state index contributed by atoms with van der Waals surface area (Å²) in [4.78, 5) is 23.9. The lowest BCUT2D eigenvalue weighted by atomic mass is 9.96. The first-order chi connectivity index (χ1) is 18.7. The van der Waals surface area contributed by atoms with Crippen molar-refractivity contribution in [2.24, 2.45) is 0 Å². The number of benzene rings is 1. The Bertz CT molecular complexity index is 1550. The van der Waals surface area contributed by atoms with Crippen molar-refractivity contribution in [2.75, 3.05) is 43.2 Å². The second kappa shape index (κ2) is 9.71. The van der Waals surface area contributed by atoms with Crippen LogP contribution in [0.3, 0.4) is 0 Å². The number of hydrogen-bond donors (Lipinski definition) is 1. The van der Waals surface area contributed by atoms with Crippen LogP contribution in [0.1, 0.15) is 60.4 Å². The lowest BCUT2D eigenvalue weighted by Gasteiger charge is -2.29. The molecule has 4 heterocycles. The number of aromatic nitrogens is 4. The summed E-state index contributed by atoms with van der Waals surface area (Å²) in [5.74, 6) is 0.849. The van der Waals surface area contributed by atoms with Gasteiger partial charge in [-0.3, -0.25) is 4.79 Å². The number of anilines is 2. The summed E-state index contributed by atoms with van der Waals surface area (Å²) in [6.07, 6.45) is 3.41. The highest BCUT2D eigenvalue weighted by Crippen LogP contribution is 2.39. The maximum Gasteiger partial charge on any atom is 0.293 e.